The Labute approximate surface area is 197 Å². The van der Waals surface area contributed by atoms with E-state index in [1.807, 2.05) is 43.9 Å². The van der Waals surface area contributed by atoms with Crippen molar-refractivity contribution < 1.29 is 13.9 Å². The molecule has 0 N–H and O–H groups in total. The summed E-state index contributed by atoms with van der Waals surface area (Å²) in [6, 6.07) is 9.92. The zero-order valence-electron chi connectivity index (χ0n) is 18.0. The Morgan fingerprint density at radius 1 is 1.25 bits per heavy atom. The first kappa shape index (κ1) is 22.5. The summed E-state index contributed by atoms with van der Waals surface area (Å²) in [5, 5.41) is 0. The molecule has 0 atom stereocenters. The summed E-state index contributed by atoms with van der Waals surface area (Å²) in [6.45, 7) is 7.10. The van der Waals surface area contributed by atoms with Gasteiger partial charge in [0.25, 0.3) is 5.56 Å². The molecule has 3 aromatic rings. The van der Waals surface area contributed by atoms with E-state index in [4.69, 9.17) is 9.47 Å². The molecular weight excluding hydrogens is 497 g/mol. The van der Waals surface area contributed by atoms with Crippen LogP contribution in [0.5, 0.6) is 11.5 Å². The minimum Gasteiger partial charge on any atom is -0.490 e. The van der Waals surface area contributed by atoms with Gasteiger partial charge in [-0.2, -0.15) is 0 Å². The number of hydrogen-bond donors (Lipinski definition) is 0. The highest BCUT2D eigenvalue weighted by molar-refractivity contribution is 9.10. The molecule has 4 rings (SSSR count). The van der Waals surface area contributed by atoms with Gasteiger partial charge < -0.3 is 14.4 Å². The van der Waals surface area contributed by atoms with Crippen LogP contribution in [0.25, 0.3) is 6.08 Å². The van der Waals surface area contributed by atoms with Crippen molar-refractivity contribution in [3.63, 3.8) is 0 Å². The molecule has 32 heavy (non-hydrogen) atoms. The molecular formula is C23H23BrFN3O3S. The van der Waals surface area contributed by atoms with E-state index in [1.165, 1.54) is 23.5 Å². The van der Waals surface area contributed by atoms with E-state index in [9.17, 15) is 9.18 Å². The van der Waals surface area contributed by atoms with E-state index in [1.54, 1.807) is 16.7 Å². The number of fused-ring (bicyclic) bond motifs is 1. The number of hydrogen-bond acceptors (Lipinski definition) is 6. The highest BCUT2D eigenvalue weighted by Crippen LogP contribution is 2.34. The molecule has 2 heterocycles. The number of nitrogens with zero attached hydrogens (tertiary/aromatic N) is 3. The molecule has 0 fully saturated rings. The fourth-order valence-corrected chi connectivity index (χ4v) is 4.73. The highest BCUT2D eigenvalue weighted by Gasteiger charge is 2.17. The van der Waals surface area contributed by atoms with Crippen molar-refractivity contribution in [2.75, 3.05) is 18.2 Å². The fourth-order valence-electron chi connectivity index (χ4n) is 3.34. The molecule has 0 aliphatic carbocycles. The Hall–Kier alpha value is -2.65. The molecule has 0 amide bonds. The van der Waals surface area contributed by atoms with E-state index >= 15 is 0 Å². The van der Waals surface area contributed by atoms with Crippen LogP contribution < -0.4 is 29.3 Å². The Morgan fingerprint density at radius 2 is 2.00 bits per heavy atom. The molecule has 1 aliphatic rings. The van der Waals surface area contributed by atoms with Crippen LogP contribution in [0.15, 0.2) is 50.7 Å². The maximum absolute atomic E-state index is 13.2. The smallest absolute Gasteiger partial charge is 0.271 e. The summed E-state index contributed by atoms with van der Waals surface area (Å²) in [4.78, 5) is 20.2. The van der Waals surface area contributed by atoms with Gasteiger partial charge in [-0.3, -0.25) is 9.36 Å². The Balaban J connectivity index is 1.71. The summed E-state index contributed by atoms with van der Waals surface area (Å²) in [7, 11) is 0. The Morgan fingerprint density at radius 3 is 2.69 bits per heavy atom. The third-order valence-electron chi connectivity index (χ3n) is 4.78. The maximum atomic E-state index is 13.2. The number of rotatable bonds is 6. The lowest BCUT2D eigenvalue weighted by Crippen LogP contribution is -2.42. The average molecular weight is 520 g/mol. The first-order valence-electron chi connectivity index (χ1n) is 10.2. The second-order valence-corrected chi connectivity index (χ2v) is 9.37. The second kappa shape index (κ2) is 9.46. The molecule has 1 aliphatic heterocycles. The van der Waals surface area contributed by atoms with Crippen LogP contribution in [-0.2, 0) is 6.67 Å². The number of thiazole rings is 1. The van der Waals surface area contributed by atoms with Crippen LogP contribution >= 0.6 is 27.3 Å². The summed E-state index contributed by atoms with van der Waals surface area (Å²) >= 11 is 4.94. The van der Waals surface area contributed by atoms with Gasteiger partial charge in [0.1, 0.15) is 19.2 Å². The lowest BCUT2D eigenvalue weighted by atomic mass is 10.2. The average Bonchev–Trinajstić information content (AvgIpc) is 3.06. The topological polar surface area (TPSA) is 56.1 Å². The van der Waals surface area contributed by atoms with Crippen molar-refractivity contribution in [2.45, 2.75) is 33.5 Å². The van der Waals surface area contributed by atoms with Gasteiger partial charge in [-0.1, -0.05) is 27.3 Å². The number of anilines is 1. The van der Waals surface area contributed by atoms with Gasteiger partial charge in [-0.25, -0.2) is 9.38 Å². The SMILES string of the molecule is CCOc1cc(/C=c2\sc3n(c2=O)CN(c2ccc(F)cc2)CN=3)c(Br)cc1OC(C)C. The van der Waals surface area contributed by atoms with E-state index < -0.39 is 0 Å². The van der Waals surface area contributed by atoms with Gasteiger partial charge in [0.2, 0.25) is 0 Å². The molecule has 6 nitrogen and oxygen atoms in total. The molecule has 2 aromatic carbocycles. The quantitative estimate of drug-likeness (QED) is 0.495. The Kier molecular flexibility index (Phi) is 6.66. The molecule has 1 aromatic heterocycles. The van der Waals surface area contributed by atoms with Gasteiger partial charge in [-0.15, -0.1) is 0 Å². The van der Waals surface area contributed by atoms with Crippen LogP contribution in [0, 0.1) is 5.82 Å². The number of aromatic nitrogens is 1. The normalized spacial score (nSPS) is 13.8. The van der Waals surface area contributed by atoms with E-state index in [0.717, 1.165) is 15.7 Å². The third kappa shape index (κ3) is 4.73. The number of benzene rings is 2. The van der Waals surface area contributed by atoms with Crippen LogP contribution in [0.1, 0.15) is 26.3 Å². The molecule has 0 bridgehead atoms. The highest BCUT2D eigenvalue weighted by atomic mass is 79.9. The molecule has 0 spiro atoms. The molecule has 168 valence electrons. The fraction of sp³-hybridized carbons (Fsp3) is 0.304. The monoisotopic (exact) mass is 519 g/mol. The van der Waals surface area contributed by atoms with Gasteiger partial charge in [0, 0.05) is 10.2 Å². The second-order valence-electron chi connectivity index (χ2n) is 7.50. The van der Waals surface area contributed by atoms with Gasteiger partial charge in [0.05, 0.1) is 17.2 Å². The van der Waals surface area contributed by atoms with Gasteiger partial charge >= 0.3 is 0 Å². The predicted molar refractivity (Wildman–Crippen MR) is 128 cm³/mol. The van der Waals surface area contributed by atoms with E-state index in [2.05, 4.69) is 20.9 Å². The third-order valence-corrected chi connectivity index (χ3v) is 6.51. The molecule has 0 radical (unpaired) electrons. The largest absolute Gasteiger partial charge is 0.490 e. The van der Waals surface area contributed by atoms with Crippen molar-refractivity contribution in [2.24, 2.45) is 4.99 Å². The minimum atomic E-state index is -0.296. The summed E-state index contributed by atoms with van der Waals surface area (Å²) in [5.74, 6) is 0.983. The van der Waals surface area contributed by atoms with Crippen molar-refractivity contribution in [1.29, 1.82) is 0 Å². The lowest BCUT2D eigenvalue weighted by molar-refractivity contribution is 0.223. The summed E-state index contributed by atoms with van der Waals surface area (Å²) in [5.41, 5.74) is 1.51. The summed E-state index contributed by atoms with van der Waals surface area (Å²) < 4.78 is 27.9. The maximum Gasteiger partial charge on any atom is 0.271 e. The zero-order chi connectivity index (χ0) is 22.8. The zero-order valence-corrected chi connectivity index (χ0v) is 20.4. The van der Waals surface area contributed by atoms with E-state index in [0.29, 0.717) is 40.8 Å². The van der Waals surface area contributed by atoms with Crippen LogP contribution in [0.3, 0.4) is 0 Å². The lowest BCUT2D eigenvalue weighted by Gasteiger charge is -2.25. The van der Waals surface area contributed by atoms with Crippen molar-refractivity contribution in [1.82, 2.24) is 4.57 Å². The standard InChI is InChI=1S/C23H23BrFN3O3S/c1-4-30-19-9-15(18(24)11-20(19)31-14(2)3)10-21-22(29)28-13-27(12-26-23(28)32-21)17-7-5-16(25)6-8-17/h5-11,14H,4,12-13H2,1-3H3/b21-10-. The summed E-state index contributed by atoms with van der Waals surface area (Å²) in [6.07, 6.45) is 1.84. The van der Waals surface area contributed by atoms with Crippen molar-refractivity contribution in [3.05, 3.63) is 71.9 Å². The first-order chi connectivity index (χ1) is 15.4. The molecule has 0 saturated carbocycles. The molecule has 0 unspecified atom stereocenters. The van der Waals surface area contributed by atoms with Crippen LogP contribution in [0.2, 0.25) is 0 Å². The van der Waals surface area contributed by atoms with Crippen molar-refractivity contribution >= 4 is 39.0 Å². The van der Waals surface area contributed by atoms with E-state index in [-0.39, 0.29) is 17.5 Å². The van der Waals surface area contributed by atoms with Crippen LogP contribution in [-0.4, -0.2) is 23.9 Å². The minimum absolute atomic E-state index is 0.00951. The first-order valence-corrected chi connectivity index (χ1v) is 11.9. The Bertz CT molecular complexity index is 1300. The molecule has 9 heteroatoms. The predicted octanol–water partition coefficient (Wildman–Crippen LogP) is 3.88. The molecule has 0 saturated heterocycles. The van der Waals surface area contributed by atoms with Crippen molar-refractivity contribution in [3.8, 4) is 11.5 Å². The van der Waals surface area contributed by atoms with Gasteiger partial charge in [0.15, 0.2) is 16.3 Å². The van der Waals surface area contributed by atoms with Crippen LogP contribution in [0.4, 0.5) is 10.1 Å². The number of halogens is 2. The number of ether oxygens (including phenoxy) is 2. The van der Waals surface area contributed by atoms with Gasteiger partial charge in [-0.05, 0) is 68.8 Å².